The number of hydrogen-bond donors (Lipinski definition) is 1. The Morgan fingerprint density at radius 3 is 2.00 bits per heavy atom. The minimum absolute atomic E-state index is 0.773. The van der Waals surface area contributed by atoms with E-state index in [2.05, 4.69) is 33.1 Å². The molecule has 66 valence electrons. The van der Waals surface area contributed by atoms with E-state index in [1.165, 1.54) is 12.8 Å². The molecular formula is C10H21N. The first-order valence-corrected chi connectivity index (χ1v) is 4.84. The highest BCUT2D eigenvalue weighted by Crippen LogP contribution is 2.37. The molecule has 1 aliphatic rings. The summed E-state index contributed by atoms with van der Waals surface area (Å²) in [5, 5.41) is 3.45. The number of hydrogen-bond acceptors (Lipinski definition) is 1. The van der Waals surface area contributed by atoms with Gasteiger partial charge >= 0.3 is 0 Å². The summed E-state index contributed by atoms with van der Waals surface area (Å²) in [5.74, 6) is 2.62. The fourth-order valence-electron chi connectivity index (χ4n) is 1.80. The Balaban J connectivity index is 2.39. The molecule has 1 aliphatic carbocycles. The van der Waals surface area contributed by atoms with Crippen molar-refractivity contribution in [2.45, 2.75) is 39.7 Å². The molecule has 1 rings (SSSR count). The number of nitrogens with one attached hydrogen (secondary N) is 1. The van der Waals surface area contributed by atoms with Gasteiger partial charge < -0.3 is 5.32 Å². The first-order valence-electron chi connectivity index (χ1n) is 4.84. The highest BCUT2D eigenvalue weighted by molar-refractivity contribution is 4.89. The summed E-state index contributed by atoms with van der Waals surface area (Å²) in [6, 6.07) is 0.773. The van der Waals surface area contributed by atoms with Crippen LogP contribution in [0.25, 0.3) is 0 Å². The monoisotopic (exact) mass is 155 g/mol. The first kappa shape index (κ1) is 9.05. The van der Waals surface area contributed by atoms with E-state index in [-0.39, 0.29) is 0 Å². The summed E-state index contributed by atoms with van der Waals surface area (Å²) in [5.41, 5.74) is 0. The van der Waals surface area contributed by atoms with Crippen LogP contribution in [-0.2, 0) is 0 Å². The van der Waals surface area contributed by atoms with Crippen LogP contribution < -0.4 is 5.32 Å². The van der Waals surface area contributed by atoms with Crippen LogP contribution >= 0.6 is 0 Å². The predicted molar refractivity (Wildman–Crippen MR) is 49.6 cm³/mol. The molecule has 11 heavy (non-hydrogen) atoms. The van der Waals surface area contributed by atoms with Crippen molar-refractivity contribution in [3.05, 3.63) is 0 Å². The molecule has 0 aromatic rings. The predicted octanol–water partition coefficient (Wildman–Crippen LogP) is 2.28. The third-order valence-electron chi connectivity index (χ3n) is 3.08. The van der Waals surface area contributed by atoms with Gasteiger partial charge in [0.2, 0.25) is 0 Å². The lowest BCUT2D eigenvalue weighted by Crippen LogP contribution is -2.36. The Kier molecular flexibility index (Phi) is 2.94. The van der Waals surface area contributed by atoms with Crippen molar-refractivity contribution in [1.29, 1.82) is 0 Å². The van der Waals surface area contributed by atoms with E-state index in [0.29, 0.717) is 0 Å². The van der Waals surface area contributed by atoms with Crippen LogP contribution in [0.3, 0.4) is 0 Å². The smallest absolute Gasteiger partial charge is 0.0120 e. The summed E-state index contributed by atoms with van der Waals surface area (Å²) in [6.07, 6.45) is 2.89. The van der Waals surface area contributed by atoms with Crippen LogP contribution in [0.2, 0.25) is 0 Å². The SMILES string of the molecule is CN[C@@H](C1CC1)[C@@H](C)C(C)C. The van der Waals surface area contributed by atoms with E-state index in [1.54, 1.807) is 0 Å². The van der Waals surface area contributed by atoms with Crippen LogP contribution in [-0.4, -0.2) is 13.1 Å². The zero-order valence-corrected chi connectivity index (χ0v) is 8.22. The molecule has 0 aromatic carbocycles. The molecule has 0 aliphatic heterocycles. The van der Waals surface area contributed by atoms with Gasteiger partial charge in [-0.05, 0) is 37.6 Å². The van der Waals surface area contributed by atoms with Crippen molar-refractivity contribution in [3.63, 3.8) is 0 Å². The van der Waals surface area contributed by atoms with Gasteiger partial charge in [0, 0.05) is 6.04 Å². The second-order valence-corrected chi connectivity index (χ2v) is 4.26. The minimum Gasteiger partial charge on any atom is -0.316 e. The van der Waals surface area contributed by atoms with E-state index in [0.717, 1.165) is 23.8 Å². The van der Waals surface area contributed by atoms with Crippen molar-refractivity contribution in [2.75, 3.05) is 7.05 Å². The lowest BCUT2D eigenvalue weighted by atomic mass is 9.88. The fraction of sp³-hybridized carbons (Fsp3) is 1.00. The molecule has 1 nitrogen and oxygen atoms in total. The van der Waals surface area contributed by atoms with Crippen LogP contribution in [0.15, 0.2) is 0 Å². The van der Waals surface area contributed by atoms with Crippen LogP contribution in [0.1, 0.15) is 33.6 Å². The average Bonchev–Trinajstić information content (AvgIpc) is 2.72. The Hall–Kier alpha value is -0.0400. The lowest BCUT2D eigenvalue weighted by Gasteiger charge is -2.26. The third kappa shape index (κ3) is 2.19. The lowest BCUT2D eigenvalue weighted by molar-refractivity contribution is 0.286. The van der Waals surface area contributed by atoms with Gasteiger partial charge in [-0.25, -0.2) is 0 Å². The van der Waals surface area contributed by atoms with Gasteiger partial charge in [-0.1, -0.05) is 20.8 Å². The van der Waals surface area contributed by atoms with Gasteiger partial charge in [0.15, 0.2) is 0 Å². The first-order chi connectivity index (χ1) is 5.16. The van der Waals surface area contributed by atoms with Crippen molar-refractivity contribution in [3.8, 4) is 0 Å². The second-order valence-electron chi connectivity index (χ2n) is 4.26. The number of rotatable bonds is 4. The van der Waals surface area contributed by atoms with E-state index < -0.39 is 0 Å². The molecule has 0 radical (unpaired) electrons. The van der Waals surface area contributed by atoms with Crippen LogP contribution in [0, 0.1) is 17.8 Å². The Morgan fingerprint density at radius 2 is 1.73 bits per heavy atom. The minimum atomic E-state index is 0.773. The molecule has 1 fully saturated rings. The maximum atomic E-state index is 3.45. The molecule has 0 heterocycles. The average molecular weight is 155 g/mol. The fourth-order valence-corrected chi connectivity index (χ4v) is 1.80. The zero-order valence-electron chi connectivity index (χ0n) is 8.22. The molecular weight excluding hydrogens is 134 g/mol. The van der Waals surface area contributed by atoms with Crippen LogP contribution in [0.5, 0.6) is 0 Å². The van der Waals surface area contributed by atoms with Gasteiger partial charge in [-0.3, -0.25) is 0 Å². The summed E-state index contributed by atoms with van der Waals surface area (Å²) in [6.45, 7) is 7.00. The van der Waals surface area contributed by atoms with E-state index in [9.17, 15) is 0 Å². The van der Waals surface area contributed by atoms with Crippen molar-refractivity contribution < 1.29 is 0 Å². The maximum absolute atomic E-state index is 3.45. The molecule has 0 bridgehead atoms. The summed E-state index contributed by atoms with van der Waals surface area (Å²) in [4.78, 5) is 0. The molecule has 1 N–H and O–H groups in total. The molecule has 1 saturated carbocycles. The Bertz CT molecular complexity index is 116. The van der Waals surface area contributed by atoms with Crippen molar-refractivity contribution in [1.82, 2.24) is 5.32 Å². The zero-order chi connectivity index (χ0) is 8.43. The van der Waals surface area contributed by atoms with Crippen molar-refractivity contribution >= 4 is 0 Å². The molecule has 0 spiro atoms. The molecule has 0 amide bonds. The molecule has 0 unspecified atom stereocenters. The summed E-state index contributed by atoms with van der Waals surface area (Å²) < 4.78 is 0. The normalized spacial score (nSPS) is 23.7. The van der Waals surface area contributed by atoms with Gasteiger partial charge in [0.05, 0.1) is 0 Å². The van der Waals surface area contributed by atoms with E-state index in [1.807, 2.05) is 0 Å². The highest BCUT2D eigenvalue weighted by atomic mass is 14.9. The van der Waals surface area contributed by atoms with E-state index in [4.69, 9.17) is 0 Å². The molecule has 0 aromatic heterocycles. The molecule has 2 atom stereocenters. The summed E-state index contributed by atoms with van der Waals surface area (Å²) >= 11 is 0. The topological polar surface area (TPSA) is 12.0 Å². The van der Waals surface area contributed by atoms with Gasteiger partial charge in [0.25, 0.3) is 0 Å². The van der Waals surface area contributed by atoms with Gasteiger partial charge in [-0.15, -0.1) is 0 Å². The largest absolute Gasteiger partial charge is 0.316 e. The van der Waals surface area contributed by atoms with Crippen LogP contribution in [0.4, 0.5) is 0 Å². The summed E-state index contributed by atoms with van der Waals surface area (Å²) in [7, 11) is 2.10. The second kappa shape index (κ2) is 3.57. The Labute approximate surface area is 70.6 Å². The van der Waals surface area contributed by atoms with Gasteiger partial charge in [-0.2, -0.15) is 0 Å². The molecule has 0 saturated heterocycles. The maximum Gasteiger partial charge on any atom is 0.0120 e. The highest BCUT2D eigenvalue weighted by Gasteiger charge is 2.34. The Morgan fingerprint density at radius 1 is 1.18 bits per heavy atom. The molecule has 1 heteroatoms. The van der Waals surface area contributed by atoms with E-state index >= 15 is 0 Å². The van der Waals surface area contributed by atoms with Crippen molar-refractivity contribution in [2.24, 2.45) is 17.8 Å². The quantitative estimate of drug-likeness (QED) is 0.656. The third-order valence-corrected chi connectivity index (χ3v) is 3.08. The van der Waals surface area contributed by atoms with Gasteiger partial charge in [0.1, 0.15) is 0 Å². The standard InChI is InChI=1S/C10H21N/c1-7(2)8(3)10(11-4)9-5-6-9/h7-11H,5-6H2,1-4H3/t8-,10+/m0/s1.